The van der Waals surface area contributed by atoms with Crippen molar-refractivity contribution in [3.05, 3.63) is 18.2 Å². The molecule has 4 heterocycles. The fourth-order valence-corrected chi connectivity index (χ4v) is 2.61. The minimum Gasteiger partial charge on any atom is -0.455 e. The maximum absolute atomic E-state index is 11.7. The molecule has 1 N–H and O–H groups in total. The Kier molecular flexibility index (Phi) is 2.40. The molecule has 0 amide bonds. The number of aromatic amines is 1. The summed E-state index contributed by atoms with van der Waals surface area (Å²) in [5.41, 5.74) is 0. The van der Waals surface area contributed by atoms with Gasteiger partial charge in [0.25, 0.3) is 0 Å². The fourth-order valence-electron chi connectivity index (χ4n) is 2.61. The van der Waals surface area contributed by atoms with Crippen molar-refractivity contribution in [1.29, 1.82) is 0 Å². The molecule has 0 spiro atoms. The number of fused-ring (bicyclic) bond motifs is 3. The largest absolute Gasteiger partial charge is 0.455 e. The number of hydrogen-bond acceptors (Lipinski definition) is 4. The number of piperidine rings is 3. The molecule has 3 aliphatic heterocycles. The second-order valence-corrected chi connectivity index (χ2v) is 4.52. The van der Waals surface area contributed by atoms with Crippen molar-refractivity contribution < 1.29 is 9.53 Å². The van der Waals surface area contributed by atoms with Gasteiger partial charge >= 0.3 is 5.97 Å². The topological polar surface area (TPSA) is 58.2 Å². The monoisotopic (exact) mass is 221 g/mol. The maximum Gasteiger partial charge on any atom is 0.374 e. The van der Waals surface area contributed by atoms with Crippen LogP contribution in [0, 0.1) is 5.92 Å². The van der Waals surface area contributed by atoms with Crippen LogP contribution in [0.15, 0.2) is 12.4 Å². The van der Waals surface area contributed by atoms with Gasteiger partial charge in [0.2, 0.25) is 5.82 Å². The van der Waals surface area contributed by atoms with Crippen LogP contribution < -0.4 is 0 Å². The molecule has 1 unspecified atom stereocenters. The molecule has 0 aliphatic carbocycles. The lowest BCUT2D eigenvalue weighted by Gasteiger charge is -2.43. The molecule has 0 saturated carbocycles. The van der Waals surface area contributed by atoms with Gasteiger partial charge in [-0.2, -0.15) is 0 Å². The molecule has 3 aliphatic rings. The number of hydrogen-bond donors (Lipinski definition) is 1. The molecule has 3 fully saturated rings. The van der Waals surface area contributed by atoms with Gasteiger partial charge in [-0.05, 0) is 31.8 Å². The maximum atomic E-state index is 11.7. The zero-order chi connectivity index (χ0) is 11.0. The van der Waals surface area contributed by atoms with Crippen LogP contribution in [0.4, 0.5) is 0 Å². The van der Waals surface area contributed by atoms with Gasteiger partial charge in [-0.15, -0.1) is 0 Å². The third kappa shape index (κ3) is 1.71. The number of rotatable bonds is 2. The van der Waals surface area contributed by atoms with Gasteiger partial charge < -0.3 is 9.72 Å². The summed E-state index contributed by atoms with van der Waals surface area (Å²) >= 11 is 0. The number of carbonyl (C=O) groups is 1. The summed E-state index contributed by atoms with van der Waals surface area (Å²) in [6, 6.07) is 0. The van der Waals surface area contributed by atoms with E-state index < -0.39 is 0 Å². The lowest BCUT2D eigenvalue weighted by molar-refractivity contribution is -0.0462. The minimum absolute atomic E-state index is 0.0556. The Balaban J connectivity index is 1.65. The van der Waals surface area contributed by atoms with Crippen LogP contribution in [0.25, 0.3) is 0 Å². The number of H-pyrrole nitrogens is 1. The summed E-state index contributed by atoms with van der Waals surface area (Å²) in [5.74, 6) is 0.518. The number of esters is 1. The van der Waals surface area contributed by atoms with E-state index in [0.29, 0.717) is 11.7 Å². The van der Waals surface area contributed by atoms with Crippen LogP contribution in [0.5, 0.6) is 0 Å². The Morgan fingerprint density at radius 3 is 2.88 bits per heavy atom. The summed E-state index contributed by atoms with van der Waals surface area (Å²) in [6.07, 6.45) is 5.55. The highest BCUT2D eigenvalue weighted by molar-refractivity contribution is 5.85. The molecule has 0 radical (unpaired) electrons. The molecule has 16 heavy (non-hydrogen) atoms. The highest BCUT2D eigenvalue weighted by atomic mass is 16.5. The van der Waals surface area contributed by atoms with Gasteiger partial charge in [0, 0.05) is 18.9 Å². The molecular weight excluding hydrogens is 206 g/mol. The van der Waals surface area contributed by atoms with Crippen LogP contribution in [-0.4, -0.2) is 46.6 Å². The lowest BCUT2D eigenvalue weighted by atomic mass is 9.86. The van der Waals surface area contributed by atoms with E-state index >= 15 is 0 Å². The molecule has 86 valence electrons. The third-order valence-corrected chi connectivity index (χ3v) is 3.55. The highest BCUT2D eigenvalue weighted by Crippen LogP contribution is 2.29. The Bertz CT molecular complexity index is 369. The summed E-state index contributed by atoms with van der Waals surface area (Å²) in [5, 5.41) is 0. The first-order valence-corrected chi connectivity index (χ1v) is 5.75. The normalized spacial score (nSPS) is 32.6. The highest BCUT2D eigenvalue weighted by Gasteiger charge is 2.36. The molecule has 1 atom stereocenters. The fraction of sp³-hybridized carbons (Fsp3) is 0.636. The van der Waals surface area contributed by atoms with E-state index in [1.165, 1.54) is 0 Å². The first-order valence-electron chi connectivity index (χ1n) is 5.75. The number of imidazole rings is 1. The number of carbonyl (C=O) groups excluding carboxylic acids is 1. The number of nitrogens with zero attached hydrogens (tertiary/aromatic N) is 2. The van der Waals surface area contributed by atoms with E-state index in [1.807, 2.05) is 0 Å². The first-order chi connectivity index (χ1) is 7.83. The van der Waals surface area contributed by atoms with Crippen molar-refractivity contribution >= 4 is 5.97 Å². The molecule has 1 aromatic rings. The summed E-state index contributed by atoms with van der Waals surface area (Å²) in [7, 11) is 0. The van der Waals surface area contributed by atoms with E-state index in [2.05, 4.69) is 14.9 Å². The van der Waals surface area contributed by atoms with E-state index in [4.69, 9.17) is 4.74 Å². The lowest BCUT2D eigenvalue weighted by Crippen LogP contribution is -2.52. The van der Waals surface area contributed by atoms with Crippen LogP contribution in [0.2, 0.25) is 0 Å². The molecule has 0 aromatic carbocycles. The number of ether oxygens (including phenoxy) is 1. The zero-order valence-corrected chi connectivity index (χ0v) is 9.06. The quantitative estimate of drug-likeness (QED) is 0.745. The van der Waals surface area contributed by atoms with Crippen molar-refractivity contribution in [2.45, 2.75) is 18.9 Å². The third-order valence-electron chi connectivity index (χ3n) is 3.55. The smallest absolute Gasteiger partial charge is 0.374 e. The van der Waals surface area contributed by atoms with Gasteiger partial charge in [-0.1, -0.05) is 0 Å². The van der Waals surface area contributed by atoms with E-state index in [0.717, 1.165) is 32.5 Å². The summed E-state index contributed by atoms with van der Waals surface area (Å²) in [6.45, 7) is 3.19. The molecule has 4 rings (SSSR count). The van der Waals surface area contributed by atoms with Crippen molar-refractivity contribution in [1.82, 2.24) is 14.9 Å². The Morgan fingerprint density at radius 1 is 1.50 bits per heavy atom. The van der Waals surface area contributed by atoms with Gasteiger partial charge in [0.15, 0.2) is 0 Å². The van der Waals surface area contributed by atoms with Crippen molar-refractivity contribution in [3.8, 4) is 0 Å². The van der Waals surface area contributed by atoms with E-state index in [9.17, 15) is 4.79 Å². The van der Waals surface area contributed by atoms with E-state index in [-0.39, 0.29) is 12.1 Å². The van der Waals surface area contributed by atoms with Crippen LogP contribution in [-0.2, 0) is 4.74 Å². The second-order valence-electron chi connectivity index (χ2n) is 4.52. The Labute approximate surface area is 93.8 Å². The number of aromatic nitrogens is 2. The molecule has 2 bridgehead atoms. The van der Waals surface area contributed by atoms with Gasteiger partial charge in [-0.25, -0.2) is 9.78 Å². The Hall–Kier alpha value is -1.36. The van der Waals surface area contributed by atoms with Crippen molar-refractivity contribution in [2.75, 3.05) is 19.6 Å². The molecular formula is C11H15N3O2. The zero-order valence-electron chi connectivity index (χ0n) is 9.06. The molecule has 1 aromatic heterocycles. The first kappa shape index (κ1) is 9.84. The average Bonchev–Trinajstić information content (AvgIpc) is 2.84. The predicted octanol–water partition coefficient (Wildman–Crippen LogP) is 0.661. The van der Waals surface area contributed by atoms with Crippen LogP contribution in [0.1, 0.15) is 23.5 Å². The SMILES string of the molecule is O=C(OC1CN2CCC1CC2)c1ncc[nH]1. The number of nitrogens with one attached hydrogen (secondary N) is 1. The van der Waals surface area contributed by atoms with Crippen molar-refractivity contribution in [2.24, 2.45) is 5.92 Å². The van der Waals surface area contributed by atoms with Gasteiger partial charge in [-0.3, -0.25) is 4.90 Å². The molecule has 3 saturated heterocycles. The van der Waals surface area contributed by atoms with E-state index in [1.54, 1.807) is 12.4 Å². The van der Waals surface area contributed by atoms with Gasteiger partial charge in [0.05, 0.1) is 0 Å². The van der Waals surface area contributed by atoms with Crippen LogP contribution >= 0.6 is 0 Å². The molecule has 5 heteroatoms. The predicted molar refractivity (Wildman–Crippen MR) is 57.0 cm³/mol. The average molecular weight is 221 g/mol. The minimum atomic E-state index is -0.330. The molecule has 5 nitrogen and oxygen atoms in total. The standard InChI is InChI=1S/C11H15N3O2/c15-11(10-12-3-4-13-10)16-9-7-14-5-1-8(9)2-6-14/h3-4,8-9H,1-2,5-7H2,(H,12,13). The Morgan fingerprint density at radius 2 is 2.31 bits per heavy atom. The van der Waals surface area contributed by atoms with Crippen LogP contribution in [0.3, 0.4) is 0 Å². The summed E-state index contributed by atoms with van der Waals surface area (Å²) < 4.78 is 5.50. The van der Waals surface area contributed by atoms with Gasteiger partial charge in [0.1, 0.15) is 6.10 Å². The second kappa shape index (κ2) is 3.90. The van der Waals surface area contributed by atoms with Crippen molar-refractivity contribution in [3.63, 3.8) is 0 Å². The summed E-state index contributed by atoms with van der Waals surface area (Å²) in [4.78, 5) is 20.7.